The number of benzene rings is 1. The molecule has 0 atom stereocenters. The molecule has 3 rings (SSSR count). The predicted molar refractivity (Wildman–Crippen MR) is 87.1 cm³/mol. The second-order valence-corrected chi connectivity index (χ2v) is 7.20. The molecule has 21 heavy (non-hydrogen) atoms. The first-order valence-electron chi connectivity index (χ1n) is 7.52. The van der Waals surface area contributed by atoms with Crippen LogP contribution in [0.15, 0.2) is 30.5 Å². The number of halogens is 1. The van der Waals surface area contributed by atoms with Gasteiger partial charge >= 0.3 is 0 Å². The van der Waals surface area contributed by atoms with E-state index in [0.29, 0.717) is 5.92 Å². The first kappa shape index (κ1) is 14.6. The molecule has 1 aliphatic rings. The van der Waals surface area contributed by atoms with Gasteiger partial charge in [0, 0.05) is 23.6 Å². The van der Waals surface area contributed by atoms with Crippen LogP contribution >= 0.6 is 11.6 Å². The minimum absolute atomic E-state index is 0.104. The number of nitrogens with one attached hydrogen (secondary N) is 1. The Labute approximate surface area is 131 Å². The van der Waals surface area contributed by atoms with Crippen LogP contribution in [0.2, 0.25) is 5.02 Å². The molecule has 1 aromatic heterocycles. The Balaban J connectivity index is 1.95. The average Bonchev–Trinajstić information content (AvgIpc) is 3.16. The van der Waals surface area contributed by atoms with E-state index in [1.165, 1.54) is 24.1 Å². The molecular weight excluding hydrogens is 282 g/mol. The second-order valence-electron chi connectivity index (χ2n) is 6.80. The zero-order chi connectivity index (χ0) is 15.0. The van der Waals surface area contributed by atoms with E-state index in [9.17, 15) is 0 Å². The van der Waals surface area contributed by atoms with Crippen LogP contribution in [-0.4, -0.2) is 15.3 Å². The molecule has 1 aliphatic carbocycles. The van der Waals surface area contributed by atoms with Crippen LogP contribution in [0.25, 0.3) is 5.69 Å². The fourth-order valence-electron chi connectivity index (χ4n) is 2.50. The lowest BCUT2D eigenvalue weighted by Gasteiger charge is -2.20. The highest BCUT2D eigenvalue weighted by molar-refractivity contribution is 6.32. The van der Waals surface area contributed by atoms with Crippen LogP contribution in [0.3, 0.4) is 0 Å². The van der Waals surface area contributed by atoms with Gasteiger partial charge in [-0.3, -0.25) is 0 Å². The van der Waals surface area contributed by atoms with Gasteiger partial charge in [0.1, 0.15) is 0 Å². The Hall–Kier alpha value is -1.32. The molecule has 1 aromatic carbocycles. The minimum Gasteiger partial charge on any atom is -0.308 e. The van der Waals surface area contributed by atoms with Crippen LogP contribution < -0.4 is 5.32 Å². The molecule has 1 N–H and O–H groups in total. The smallest absolute Gasteiger partial charge is 0.0835 e. The van der Waals surface area contributed by atoms with Gasteiger partial charge in [-0.1, -0.05) is 23.7 Å². The standard InChI is InChI=1S/C17H22ClN3/c1-17(2,3)19-10-13-11-20-21(16(13)12-8-9-12)15-7-5-4-6-14(15)18/h4-7,11-12,19H,8-10H2,1-3H3. The molecule has 0 radical (unpaired) electrons. The summed E-state index contributed by atoms with van der Waals surface area (Å²) >= 11 is 6.34. The molecule has 1 heterocycles. The Bertz CT molecular complexity index is 636. The van der Waals surface area contributed by atoms with Crippen molar-refractivity contribution in [3.05, 3.63) is 46.7 Å². The topological polar surface area (TPSA) is 29.9 Å². The number of para-hydroxylation sites is 1. The molecule has 112 valence electrons. The number of hydrogen-bond donors (Lipinski definition) is 1. The zero-order valence-electron chi connectivity index (χ0n) is 12.9. The van der Waals surface area contributed by atoms with Crippen molar-refractivity contribution in [1.29, 1.82) is 0 Å². The molecule has 0 saturated heterocycles. The van der Waals surface area contributed by atoms with E-state index in [1.807, 2.05) is 35.1 Å². The monoisotopic (exact) mass is 303 g/mol. The second kappa shape index (κ2) is 5.47. The van der Waals surface area contributed by atoms with E-state index in [4.69, 9.17) is 11.6 Å². The van der Waals surface area contributed by atoms with Gasteiger partial charge in [-0.15, -0.1) is 0 Å². The van der Waals surface area contributed by atoms with Crippen molar-refractivity contribution in [3.63, 3.8) is 0 Å². The highest BCUT2D eigenvalue weighted by Crippen LogP contribution is 2.43. The lowest BCUT2D eigenvalue weighted by atomic mass is 10.1. The van der Waals surface area contributed by atoms with E-state index in [0.717, 1.165) is 17.3 Å². The molecule has 4 heteroatoms. The minimum atomic E-state index is 0.104. The molecule has 0 aliphatic heterocycles. The summed E-state index contributed by atoms with van der Waals surface area (Å²) in [6.07, 6.45) is 4.48. The number of nitrogens with zero attached hydrogens (tertiary/aromatic N) is 2. The van der Waals surface area contributed by atoms with Crippen LogP contribution in [0, 0.1) is 0 Å². The summed E-state index contributed by atoms with van der Waals surface area (Å²) in [7, 11) is 0. The van der Waals surface area contributed by atoms with Crippen molar-refractivity contribution in [2.75, 3.05) is 0 Å². The van der Waals surface area contributed by atoms with E-state index < -0.39 is 0 Å². The van der Waals surface area contributed by atoms with Crippen molar-refractivity contribution in [2.24, 2.45) is 0 Å². The Morgan fingerprint density at radius 3 is 2.62 bits per heavy atom. The molecule has 3 nitrogen and oxygen atoms in total. The van der Waals surface area contributed by atoms with Gasteiger partial charge in [-0.25, -0.2) is 4.68 Å². The predicted octanol–water partition coefficient (Wildman–Crippen LogP) is 4.29. The summed E-state index contributed by atoms with van der Waals surface area (Å²) in [6, 6.07) is 7.91. The molecule has 1 fully saturated rings. The lowest BCUT2D eigenvalue weighted by Crippen LogP contribution is -2.35. The first-order chi connectivity index (χ1) is 9.96. The maximum absolute atomic E-state index is 6.34. The Morgan fingerprint density at radius 1 is 1.29 bits per heavy atom. The molecule has 2 aromatic rings. The van der Waals surface area contributed by atoms with E-state index in [1.54, 1.807) is 0 Å². The third-order valence-electron chi connectivity index (χ3n) is 3.74. The van der Waals surface area contributed by atoms with Gasteiger partial charge in [0.2, 0.25) is 0 Å². The number of aromatic nitrogens is 2. The van der Waals surface area contributed by atoms with Gasteiger partial charge in [-0.2, -0.15) is 5.10 Å². The average molecular weight is 304 g/mol. The van der Waals surface area contributed by atoms with Crippen molar-refractivity contribution >= 4 is 11.6 Å². The number of rotatable bonds is 4. The summed E-state index contributed by atoms with van der Waals surface area (Å²) < 4.78 is 2.03. The molecule has 0 spiro atoms. The third-order valence-corrected chi connectivity index (χ3v) is 4.06. The van der Waals surface area contributed by atoms with E-state index >= 15 is 0 Å². The van der Waals surface area contributed by atoms with Crippen LogP contribution in [0.5, 0.6) is 0 Å². The molecule has 0 unspecified atom stereocenters. The Kier molecular flexibility index (Phi) is 3.80. The molecule has 0 bridgehead atoms. The van der Waals surface area contributed by atoms with Crippen molar-refractivity contribution in [1.82, 2.24) is 15.1 Å². The van der Waals surface area contributed by atoms with Gasteiger partial charge in [-0.05, 0) is 45.7 Å². The Morgan fingerprint density at radius 2 is 2.00 bits per heavy atom. The number of hydrogen-bond acceptors (Lipinski definition) is 2. The van der Waals surface area contributed by atoms with Crippen molar-refractivity contribution in [3.8, 4) is 5.69 Å². The maximum atomic E-state index is 6.34. The van der Waals surface area contributed by atoms with Gasteiger partial charge < -0.3 is 5.32 Å². The highest BCUT2D eigenvalue weighted by atomic mass is 35.5. The quantitative estimate of drug-likeness (QED) is 0.913. The summed E-state index contributed by atoms with van der Waals surface area (Å²) in [4.78, 5) is 0. The molecular formula is C17H22ClN3. The normalized spacial score (nSPS) is 15.4. The van der Waals surface area contributed by atoms with Crippen LogP contribution in [-0.2, 0) is 6.54 Å². The van der Waals surface area contributed by atoms with Crippen LogP contribution in [0.4, 0.5) is 0 Å². The van der Waals surface area contributed by atoms with Crippen LogP contribution in [0.1, 0.15) is 50.8 Å². The van der Waals surface area contributed by atoms with Gasteiger partial charge in [0.05, 0.1) is 22.6 Å². The lowest BCUT2D eigenvalue weighted by molar-refractivity contribution is 0.423. The van der Waals surface area contributed by atoms with Gasteiger partial charge in [0.25, 0.3) is 0 Å². The third kappa shape index (κ3) is 3.30. The fraction of sp³-hybridized carbons (Fsp3) is 0.471. The van der Waals surface area contributed by atoms with E-state index in [2.05, 4.69) is 31.2 Å². The van der Waals surface area contributed by atoms with Crippen molar-refractivity contribution in [2.45, 2.75) is 51.6 Å². The summed E-state index contributed by atoms with van der Waals surface area (Å²) in [5.41, 5.74) is 3.68. The first-order valence-corrected chi connectivity index (χ1v) is 7.90. The van der Waals surface area contributed by atoms with Crippen molar-refractivity contribution < 1.29 is 0 Å². The summed E-state index contributed by atoms with van der Waals surface area (Å²) in [6.45, 7) is 7.40. The molecule has 1 saturated carbocycles. The molecule has 0 amide bonds. The largest absolute Gasteiger partial charge is 0.308 e. The zero-order valence-corrected chi connectivity index (χ0v) is 13.6. The van der Waals surface area contributed by atoms with E-state index in [-0.39, 0.29) is 5.54 Å². The fourth-order valence-corrected chi connectivity index (χ4v) is 2.71. The van der Waals surface area contributed by atoms with Gasteiger partial charge in [0.15, 0.2) is 0 Å². The summed E-state index contributed by atoms with van der Waals surface area (Å²) in [5, 5.41) is 8.90. The highest BCUT2D eigenvalue weighted by Gasteiger charge is 2.31. The summed E-state index contributed by atoms with van der Waals surface area (Å²) in [5.74, 6) is 0.626. The SMILES string of the molecule is CC(C)(C)NCc1cnn(-c2ccccc2Cl)c1C1CC1. The maximum Gasteiger partial charge on any atom is 0.0835 e.